The smallest absolute Gasteiger partial charge is 0.227 e. The molecule has 0 spiro atoms. The number of amides is 1. The van der Waals surface area contributed by atoms with E-state index in [0.29, 0.717) is 12.3 Å². The zero-order chi connectivity index (χ0) is 18.6. The van der Waals surface area contributed by atoms with Crippen LogP contribution in [0.4, 0.5) is 0 Å². The first kappa shape index (κ1) is 17.7. The fraction of sp³-hybridized carbons (Fsp3) is 0.348. The summed E-state index contributed by atoms with van der Waals surface area (Å²) in [5.41, 5.74) is 3.10. The summed E-state index contributed by atoms with van der Waals surface area (Å²) in [6.45, 7) is 1.69. The van der Waals surface area contributed by atoms with Gasteiger partial charge in [0.2, 0.25) is 5.91 Å². The van der Waals surface area contributed by atoms with E-state index in [2.05, 4.69) is 30.3 Å². The number of carbonyl (C=O) groups is 1. The minimum absolute atomic E-state index is 0.187. The van der Waals surface area contributed by atoms with Crippen LogP contribution in [0.1, 0.15) is 24.0 Å². The molecule has 1 aromatic heterocycles. The van der Waals surface area contributed by atoms with Crippen molar-refractivity contribution in [1.82, 2.24) is 4.90 Å². The van der Waals surface area contributed by atoms with Crippen molar-refractivity contribution in [2.45, 2.75) is 25.7 Å². The molecule has 4 nitrogen and oxygen atoms in total. The van der Waals surface area contributed by atoms with Crippen molar-refractivity contribution in [2.75, 3.05) is 20.2 Å². The number of benzene rings is 2. The molecule has 2 heterocycles. The maximum atomic E-state index is 12.8. The monoisotopic (exact) mass is 363 g/mol. The molecule has 1 fully saturated rings. The predicted octanol–water partition coefficient (Wildman–Crippen LogP) is 4.47. The zero-order valence-corrected chi connectivity index (χ0v) is 15.7. The number of hydrogen-bond donors (Lipinski definition) is 0. The molecule has 0 bridgehead atoms. The van der Waals surface area contributed by atoms with Gasteiger partial charge in [-0.25, -0.2) is 0 Å². The molecule has 4 rings (SSSR count). The maximum absolute atomic E-state index is 12.8. The molecule has 0 N–H and O–H groups in total. The molecule has 1 aliphatic heterocycles. The summed E-state index contributed by atoms with van der Waals surface area (Å²) in [6.07, 6.45) is 5.35. The fourth-order valence-electron chi connectivity index (χ4n) is 3.94. The molecule has 0 atom stereocenters. The number of ether oxygens (including phenoxy) is 1. The number of likely N-dealkylation sites (tertiary alicyclic amines) is 1. The quantitative estimate of drug-likeness (QED) is 0.672. The number of rotatable bonds is 5. The average Bonchev–Trinajstić information content (AvgIpc) is 3.11. The van der Waals surface area contributed by atoms with E-state index >= 15 is 0 Å². The van der Waals surface area contributed by atoms with Crippen LogP contribution in [0.5, 0.6) is 5.75 Å². The van der Waals surface area contributed by atoms with Gasteiger partial charge in [0.1, 0.15) is 11.3 Å². The largest absolute Gasteiger partial charge is 0.497 e. The Morgan fingerprint density at radius 3 is 2.67 bits per heavy atom. The van der Waals surface area contributed by atoms with E-state index in [4.69, 9.17) is 9.15 Å². The molecule has 1 amide bonds. The van der Waals surface area contributed by atoms with Gasteiger partial charge in [-0.2, -0.15) is 0 Å². The van der Waals surface area contributed by atoms with Gasteiger partial charge in [-0.3, -0.25) is 4.79 Å². The molecule has 1 saturated heterocycles. The highest BCUT2D eigenvalue weighted by Crippen LogP contribution is 2.27. The van der Waals surface area contributed by atoms with Crippen molar-refractivity contribution in [3.63, 3.8) is 0 Å². The molecule has 0 radical (unpaired) electrons. The van der Waals surface area contributed by atoms with Gasteiger partial charge in [-0.1, -0.05) is 30.3 Å². The van der Waals surface area contributed by atoms with Crippen LogP contribution in [0.3, 0.4) is 0 Å². The third-order valence-electron chi connectivity index (χ3n) is 5.54. The van der Waals surface area contributed by atoms with Crippen molar-refractivity contribution >= 4 is 16.9 Å². The van der Waals surface area contributed by atoms with Gasteiger partial charge in [0.05, 0.1) is 19.8 Å². The number of methoxy groups -OCH3 is 1. The topological polar surface area (TPSA) is 42.7 Å². The van der Waals surface area contributed by atoms with E-state index in [-0.39, 0.29) is 5.91 Å². The normalized spacial score (nSPS) is 15.2. The van der Waals surface area contributed by atoms with Gasteiger partial charge < -0.3 is 14.1 Å². The van der Waals surface area contributed by atoms with Crippen LogP contribution in [0, 0.1) is 5.92 Å². The standard InChI is InChI=1S/C23H25NO3/c1-26-20-7-8-21-19(16-27-22(21)15-20)14-23(25)24-11-9-18(10-12-24)13-17-5-3-2-4-6-17/h2-8,15-16,18H,9-14H2,1H3. The van der Waals surface area contributed by atoms with Crippen LogP contribution in [0.2, 0.25) is 0 Å². The van der Waals surface area contributed by atoms with Crippen molar-refractivity contribution in [2.24, 2.45) is 5.92 Å². The van der Waals surface area contributed by atoms with Crippen molar-refractivity contribution in [3.05, 3.63) is 65.9 Å². The summed E-state index contributed by atoms with van der Waals surface area (Å²) in [7, 11) is 1.63. The lowest BCUT2D eigenvalue weighted by molar-refractivity contribution is -0.131. The Hall–Kier alpha value is -2.75. The second kappa shape index (κ2) is 7.87. The lowest BCUT2D eigenvalue weighted by Gasteiger charge is -2.32. The van der Waals surface area contributed by atoms with Crippen LogP contribution in [-0.2, 0) is 17.6 Å². The minimum Gasteiger partial charge on any atom is -0.497 e. The SMILES string of the molecule is COc1ccc2c(CC(=O)N3CCC(Cc4ccccc4)CC3)coc2c1. The highest BCUT2D eigenvalue weighted by atomic mass is 16.5. The number of nitrogens with zero attached hydrogens (tertiary/aromatic N) is 1. The molecule has 0 saturated carbocycles. The minimum atomic E-state index is 0.187. The van der Waals surface area contributed by atoms with Crippen molar-refractivity contribution in [1.29, 1.82) is 0 Å². The molecule has 140 valence electrons. The van der Waals surface area contributed by atoms with Crippen molar-refractivity contribution < 1.29 is 13.9 Å². The van der Waals surface area contributed by atoms with Gasteiger partial charge in [-0.05, 0) is 42.9 Å². The summed E-state index contributed by atoms with van der Waals surface area (Å²) < 4.78 is 10.8. The van der Waals surface area contributed by atoms with Crippen LogP contribution in [0.15, 0.2) is 59.2 Å². The van der Waals surface area contributed by atoms with Crippen LogP contribution >= 0.6 is 0 Å². The van der Waals surface area contributed by atoms with E-state index in [9.17, 15) is 4.79 Å². The number of hydrogen-bond acceptors (Lipinski definition) is 3. The Kier molecular flexibility index (Phi) is 5.14. The Balaban J connectivity index is 1.34. The Bertz CT molecular complexity index is 908. The highest BCUT2D eigenvalue weighted by molar-refractivity contribution is 5.88. The van der Waals surface area contributed by atoms with E-state index < -0.39 is 0 Å². The Morgan fingerprint density at radius 1 is 1.15 bits per heavy atom. The molecule has 4 heteroatoms. The number of fused-ring (bicyclic) bond motifs is 1. The lowest BCUT2D eigenvalue weighted by Crippen LogP contribution is -2.39. The predicted molar refractivity (Wildman–Crippen MR) is 106 cm³/mol. The number of piperidine rings is 1. The third kappa shape index (κ3) is 4.00. The first-order chi connectivity index (χ1) is 13.2. The Morgan fingerprint density at radius 2 is 1.93 bits per heavy atom. The molecule has 0 unspecified atom stereocenters. The lowest BCUT2D eigenvalue weighted by atomic mass is 9.90. The molecular formula is C23H25NO3. The van der Waals surface area contributed by atoms with Crippen LogP contribution < -0.4 is 4.74 Å². The summed E-state index contributed by atoms with van der Waals surface area (Å²) in [5.74, 6) is 1.61. The van der Waals surface area contributed by atoms with E-state index in [1.807, 2.05) is 23.1 Å². The average molecular weight is 363 g/mol. The fourth-order valence-corrected chi connectivity index (χ4v) is 3.94. The number of carbonyl (C=O) groups excluding carboxylic acids is 1. The van der Waals surface area contributed by atoms with Gasteiger partial charge in [-0.15, -0.1) is 0 Å². The van der Waals surface area contributed by atoms with Gasteiger partial charge in [0, 0.05) is 30.1 Å². The second-order valence-electron chi connectivity index (χ2n) is 7.31. The van der Waals surface area contributed by atoms with Gasteiger partial charge >= 0.3 is 0 Å². The van der Waals surface area contributed by atoms with Gasteiger partial charge in [0.25, 0.3) is 0 Å². The molecular weight excluding hydrogens is 338 g/mol. The van der Waals surface area contributed by atoms with Crippen molar-refractivity contribution in [3.8, 4) is 5.75 Å². The van der Waals surface area contributed by atoms with E-state index in [0.717, 1.165) is 54.6 Å². The molecule has 2 aromatic carbocycles. The molecule has 1 aliphatic rings. The highest BCUT2D eigenvalue weighted by Gasteiger charge is 2.23. The zero-order valence-electron chi connectivity index (χ0n) is 15.7. The summed E-state index contributed by atoms with van der Waals surface area (Å²) >= 11 is 0. The summed E-state index contributed by atoms with van der Waals surface area (Å²) in [6, 6.07) is 16.4. The third-order valence-corrected chi connectivity index (χ3v) is 5.54. The Labute approximate surface area is 159 Å². The summed E-state index contributed by atoms with van der Waals surface area (Å²) in [4.78, 5) is 14.8. The van der Waals surface area contributed by atoms with Gasteiger partial charge in [0.15, 0.2) is 0 Å². The van der Waals surface area contributed by atoms with Crippen LogP contribution in [-0.4, -0.2) is 31.0 Å². The maximum Gasteiger partial charge on any atom is 0.227 e. The molecule has 0 aliphatic carbocycles. The second-order valence-corrected chi connectivity index (χ2v) is 7.31. The number of furan rings is 1. The molecule has 3 aromatic rings. The van der Waals surface area contributed by atoms with E-state index in [1.165, 1.54) is 5.56 Å². The summed E-state index contributed by atoms with van der Waals surface area (Å²) in [5, 5.41) is 0.989. The van der Waals surface area contributed by atoms with Crippen LogP contribution in [0.25, 0.3) is 11.0 Å². The van der Waals surface area contributed by atoms with E-state index in [1.54, 1.807) is 13.4 Å². The first-order valence-electron chi connectivity index (χ1n) is 9.59. The first-order valence-corrected chi connectivity index (χ1v) is 9.59. The molecule has 27 heavy (non-hydrogen) atoms.